The fourth-order valence-corrected chi connectivity index (χ4v) is 6.74. The Hall–Kier alpha value is -1.90. The van der Waals surface area contributed by atoms with Crippen molar-refractivity contribution >= 4 is 9.84 Å². The molecule has 4 nitrogen and oxygen atoms in total. The van der Waals surface area contributed by atoms with E-state index in [2.05, 4.69) is 22.1 Å². The Bertz CT molecular complexity index is 892. The van der Waals surface area contributed by atoms with Gasteiger partial charge in [-0.2, -0.15) is 0 Å². The van der Waals surface area contributed by atoms with Crippen LogP contribution in [0.4, 0.5) is 0 Å². The van der Waals surface area contributed by atoms with E-state index in [-0.39, 0.29) is 5.92 Å². The van der Waals surface area contributed by atoms with Gasteiger partial charge in [0.15, 0.2) is 14.6 Å². The Balaban J connectivity index is 1.80. The highest BCUT2D eigenvalue weighted by molar-refractivity contribution is 7.95. The maximum Gasteiger partial charge on any atom is 0.178 e. The number of pyridine rings is 1. The van der Waals surface area contributed by atoms with E-state index < -0.39 is 19.3 Å². The fraction of sp³-hybridized carbons (Fsp3) is 0.421. The number of nitrogens with one attached hydrogen (secondary N) is 1. The molecule has 1 saturated heterocycles. The topological polar surface area (TPSA) is 59.1 Å². The summed E-state index contributed by atoms with van der Waals surface area (Å²) in [5.74, 6) is 6.33. The van der Waals surface area contributed by atoms with Crippen LogP contribution in [0.3, 0.4) is 0 Å². The summed E-state index contributed by atoms with van der Waals surface area (Å²) in [5, 5.41) is 3.23. The maximum atomic E-state index is 13.6. The molecule has 1 N–H and O–H groups in total. The second-order valence-electron chi connectivity index (χ2n) is 7.00. The number of hydrogen-bond acceptors (Lipinski definition) is 4. The number of fused-ring (bicyclic) bond motifs is 1. The Labute approximate surface area is 143 Å². The summed E-state index contributed by atoms with van der Waals surface area (Å²) >= 11 is 0. The molecule has 0 amide bonds. The number of aromatic nitrogens is 1. The summed E-state index contributed by atoms with van der Waals surface area (Å²) in [5.41, 5.74) is 1.64. The van der Waals surface area contributed by atoms with Gasteiger partial charge in [-0.3, -0.25) is 0 Å². The van der Waals surface area contributed by atoms with Gasteiger partial charge < -0.3 is 5.32 Å². The minimum atomic E-state index is -3.44. The molecule has 5 heteroatoms. The van der Waals surface area contributed by atoms with Gasteiger partial charge in [0.05, 0.1) is 4.75 Å². The molecular formula is C19H20N2O2S. The number of nitrogens with zero attached hydrogens (tertiary/aromatic N) is 1. The largest absolute Gasteiger partial charge is 0.315 e. The van der Waals surface area contributed by atoms with Crippen molar-refractivity contribution in [1.82, 2.24) is 10.3 Å². The van der Waals surface area contributed by atoms with Crippen LogP contribution in [0.2, 0.25) is 0 Å². The molecule has 2 aliphatic carbocycles. The van der Waals surface area contributed by atoms with Crippen molar-refractivity contribution in [1.29, 1.82) is 0 Å². The summed E-state index contributed by atoms with van der Waals surface area (Å²) in [4.78, 5) is 4.20. The molecule has 3 atom stereocenters. The van der Waals surface area contributed by atoms with Crippen LogP contribution in [0.1, 0.15) is 25.5 Å². The molecule has 1 aromatic heterocycles. The van der Waals surface area contributed by atoms with Gasteiger partial charge in [0, 0.05) is 19.2 Å². The first kappa shape index (κ1) is 15.6. The fourth-order valence-electron chi connectivity index (χ4n) is 3.92. The molecule has 3 aliphatic rings. The molecule has 24 heavy (non-hydrogen) atoms. The van der Waals surface area contributed by atoms with E-state index in [4.69, 9.17) is 0 Å². The quantitative estimate of drug-likeness (QED) is 0.835. The van der Waals surface area contributed by atoms with Gasteiger partial charge in [0.1, 0.15) is 5.69 Å². The Morgan fingerprint density at radius 1 is 1.38 bits per heavy atom. The third-order valence-electron chi connectivity index (χ3n) is 5.36. The Morgan fingerprint density at radius 3 is 2.88 bits per heavy atom. The summed E-state index contributed by atoms with van der Waals surface area (Å²) < 4.78 is 25.4. The van der Waals surface area contributed by atoms with Gasteiger partial charge in [0.2, 0.25) is 0 Å². The highest BCUT2D eigenvalue weighted by atomic mass is 32.2. The van der Waals surface area contributed by atoms with Crippen LogP contribution in [-0.2, 0) is 9.84 Å². The van der Waals surface area contributed by atoms with E-state index in [1.165, 1.54) is 0 Å². The zero-order valence-corrected chi connectivity index (χ0v) is 14.4. The molecule has 124 valence electrons. The average Bonchev–Trinajstić information content (AvgIpc) is 3.16. The number of allylic oxidation sites excluding steroid dienone is 3. The molecule has 4 rings (SSSR count). The molecule has 0 bridgehead atoms. The van der Waals surface area contributed by atoms with E-state index in [1.807, 2.05) is 31.2 Å². The second kappa shape index (κ2) is 5.30. The van der Waals surface area contributed by atoms with Crippen molar-refractivity contribution in [3.8, 4) is 11.8 Å². The van der Waals surface area contributed by atoms with Crippen LogP contribution < -0.4 is 5.32 Å². The number of sulfone groups is 1. The standard InChI is InChI=1S/C19H20N2O2S/c1-15-5-4-8-18(11-15,9-7-17-6-2-3-10-21-17)24(22,23)19-12-16(19)13-20-14-19/h2-6,8,10,16,20H,11-14H2,1H3. The molecule has 0 radical (unpaired) electrons. The van der Waals surface area contributed by atoms with Gasteiger partial charge in [-0.25, -0.2) is 13.4 Å². The van der Waals surface area contributed by atoms with E-state index in [9.17, 15) is 8.42 Å². The second-order valence-corrected chi connectivity index (χ2v) is 9.55. The smallest absolute Gasteiger partial charge is 0.178 e. The molecule has 1 saturated carbocycles. The van der Waals surface area contributed by atoms with Crippen LogP contribution in [0.15, 0.2) is 48.2 Å². The lowest BCUT2D eigenvalue weighted by Crippen LogP contribution is -2.46. The highest BCUT2D eigenvalue weighted by Crippen LogP contribution is 2.57. The zero-order chi connectivity index (χ0) is 16.8. The molecule has 2 fully saturated rings. The number of piperidine rings is 1. The SMILES string of the molecule is CC1=CC=CC(C#Cc2ccccn2)(S(=O)(=O)C23CNCC2C3)C1. The Morgan fingerprint density at radius 2 is 2.25 bits per heavy atom. The predicted molar refractivity (Wildman–Crippen MR) is 94.0 cm³/mol. The molecule has 1 aromatic rings. The predicted octanol–water partition coefficient (Wildman–Crippen LogP) is 1.85. The summed E-state index contributed by atoms with van der Waals surface area (Å²) in [6.45, 7) is 3.30. The van der Waals surface area contributed by atoms with Crippen LogP contribution in [0, 0.1) is 17.8 Å². The van der Waals surface area contributed by atoms with Gasteiger partial charge in [-0.15, -0.1) is 0 Å². The van der Waals surface area contributed by atoms with Gasteiger partial charge >= 0.3 is 0 Å². The van der Waals surface area contributed by atoms with Gasteiger partial charge in [-0.05, 0) is 43.9 Å². The lowest BCUT2D eigenvalue weighted by atomic mass is 9.94. The Kier molecular flexibility index (Phi) is 3.45. The molecule has 2 heterocycles. The van der Waals surface area contributed by atoms with E-state index >= 15 is 0 Å². The third kappa shape index (κ3) is 2.17. The zero-order valence-electron chi connectivity index (χ0n) is 13.6. The van der Waals surface area contributed by atoms with Crippen LogP contribution >= 0.6 is 0 Å². The number of rotatable bonds is 2. The first-order chi connectivity index (χ1) is 11.5. The molecule has 1 aliphatic heterocycles. The summed E-state index contributed by atoms with van der Waals surface area (Å²) in [7, 11) is -3.44. The van der Waals surface area contributed by atoms with E-state index in [0.717, 1.165) is 18.5 Å². The number of hydrogen-bond donors (Lipinski definition) is 1. The lowest BCUT2D eigenvalue weighted by molar-refractivity contribution is 0.553. The third-order valence-corrected chi connectivity index (χ3v) is 8.42. The van der Waals surface area contributed by atoms with Crippen molar-refractivity contribution in [2.75, 3.05) is 13.1 Å². The normalized spacial score (nSPS) is 34.0. The van der Waals surface area contributed by atoms with Crippen LogP contribution in [-0.4, -0.2) is 36.0 Å². The van der Waals surface area contributed by atoms with E-state index in [0.29, 0.717) is 18.7 Å². The van der Waals surface area contributed by atoms with Gasteiger partial charge in [-0.1, -0.05) is 35.8 Å². The van der Waals surface area contributed by atoms with E-state index in [1.54, 1.807) is 18.3 Å². The minimum Gasteiger partial charge on any atom is -0.315 e. The monoisotopic (exact) mass is 340 g/mol. The molecule has 0 aromatic carbocycles. The molecular weight excluding hydrogens is 320 g/mol. The van der Waals surface area contributed by atoms with Crippen LogP contribution in [0.25, 0.3) is 0 Å². The molecule has 0 spiro atoms. The molecule has 3 unspecified atom stereocenters. The van der Waals surface area contributed by atoms with Crippen LogP contribution in [0.5, 0.6) is 0 Å². The van der Waals surface area contributed by atoms with Crippen molar-refractivity contribution in [3.63, 3.8) is 0 Å². The first-order valence-corrected chi connectivity index (χ1v) is 9.72. The minimum absolute atomic E-state index is 0.232. The first-order valence-electron chi connectivity index (χ1n) is 8.23. The van der Waals surface area contributed by atoms with Crippen molar-refractivity contribution in [2.24, 2.45) is 5.92 Å². The maximum absolute atomic E-state index is 13.6. The van der Waals surface area contributed by atoms with Crippen molar-refractivity contribution in [2.45, 2.75) is 29.3 Å². The van der Waals surface area contributed by atoms with Gasteiger partial charge in [0.25, 0.3) is 0 Å². The highest BCUT2D eigenvalue weighted by Gasteiger charge is 2.70. The lowest BCUT2D eigenvalue weighted by Gasteiger charge is -2.31. The van der Waals surface area contributed by atoms with Crippen molar-refractivity contribution in [3.05, 3.63) is 53.9 Å². The summed E-state index contributed by atoms with van der Waals surface area (Å²) in [6, 6.07) is 5.48. The summed E-state index contributed by atoms with van der Waals surface area (Å²) in [6.07, 6.45) is 8.43. The average molecular weight is 340 g/mol. The van der Waals surface area contributed by atoms with Crippen molar-refractivity contribution < 1.29 is 8.42 Å².